The molecule has 3 N–H and O–H groups in total. The maximum atomic E-state index is 12.6. The Balaban J connectivity index is 1.33. The van der Waals surface area contributed by atoms with Gasteiger partial charge in [-0.3, -0.25) is 0 Å². The Kier molecular flexibility index (Phi) is 4.41. The zero-order chi connectivity index (χ0) is 23.6. The SMILES string of the molecule is CC1(C)COC2(CC[C@@]34Nc5ccccc5[C@H]5C[C@]6(C)[C@@H](O)CC[C@H]6[C@H](CC[C@@]3(O)C2)C54)OC1. The van der Waals surface area contributed by atoms with Gasteiger partial charge in [-0.15, -0.1) is 0 Å². The van der Waals surface area contributed by atoms with Crippen LogP contribution in [-0.2, 0) is 9.47 Å². The van der Waals surface area contributed by atoms with Gasteiger partial charge in [0.1, 0.15) is 0 Å². The molecule has 0 aromatic heterocycles. The van der Waals surface area contributed by atoms with E-state index in [0.717, 1.165) is 44.9 Å². The minimum atomic E-state index is -0.870. The average Bonchev–Trinajstić information content (AvgIpc) is 3.11. The van der Waals surface area contributed by atoms with E-state index in [1.54, 1.807) is 0 Å². The maximum absolute atomic E-state index is 12.6. The smallest absolute Gasteiger partial charge is 0.171 e. The molecule has 6 aliphatic rings. The highest BCUT2D eigenvalue weighted by molar-refractivity contribution is 5.60. The molecular weight excluding hydrogens is 426 g/mol. The van der Waals surface area contributed by atoms with Gasteiger partial charge < -0.3 is 25.0 Å². The molecule has 2 aliphatic heterocycles. The predicted octanol–water partition coefficient (Wildman–Crippen LogP) is 4.83. The molecule has 4 saturated carbocycles. The Morgan fingerprint density at radius 1 is 0.971 bits per heavy atom. The number of aliphatic hydroxyl groups is 2. The van der Waals surface area contributed by atoms with Gasteiger partial charge in [-0.1, -0.05) is 39.0 Å². The Labute approximate surface area is 203 Å². The van der Waals surface area contributed by atoms with Crippen LogP contribution in [0.4, 0.5) is 5.69 Å². The highest BCUT2D eigenvalue weighted by Gasteiger charge is 2.72. The van der Waals surface area contributed by atoms with Crippen molar-refractivity contribution in [3.05, 3.63) is 29.8 Å². The van der Waals surface area contributed by atoms with E-state index in [1.807, 2.05) is 0 Å². The average molecular weight is 468 g/mol. The van der Waals surface area contributed by atoms with E-state index in [1.165, 1.54) is 11.3 Å². The number of para-hydroxylation sites is 1. The molecule has 34 heavy (non-hydrogen) atoms. The van der Waals surface area contributed by atoms with E-state index >= 15 is 0 Å². The highest BCUT2D eigenvalue weighted by Crippen LogP contribution is 2.71. The first kappa shape index (κ1) is 22.1. The second-order valence-electron chi connectivity index (χ2n) is 13.8. The molecule has 1 unspecified atom stereocenters. The van der Waals surface area contributed by atoms with Gasteiger partial charge in [0.05, 0.1) is 30.5 Å². The van der Waals surface area contributed by atoms with Crippen molar-refractivity contribution in [2.24, 2.45) is 28.6 Å². The molecule has 5 heteroatoms. The molecule has 1 aromatic rings. The van der Waals surface area contributed by atoms with Gasteiger partial charge in [0.15, 0.2) is 5.79 Å². The van der Waals surface area contributed by atoms with Crippen LogP contribution in [0.15, 0.2) is 24.3 Å². The third kappa shape index (κ3) is 2.70. The van der Waals surface area contributed by atoms with Crippen molar-refractivity contribution >= 4 is 5.69 Å². The largest absolute Gasteiger partial charge is 0.393 e. The van der Waals surface area contributed by atoms with E-state index < -0.39 is 11.4 Å². The first-order valence-corrected chi connectivity index (χ1v) is 13.7. The van der Waals surface area contributed by atoms with Crippen LogP contribution < -0.4 is 5.32 Å². The molecule has 5 fully saturated rings. The summed E-state index contributed by atoms with van der Waals surface area (Å²) in [5, 5.41) is 27.7. The Hall–Kier alpha value is -1.14. The van der Waals surface area contributed by atoms with Crippen LogP contribution >= 0.6 is 0 Å². The topological polar surface area (TPSA) is 71.0 Å². The Morgan fingerprint density at radius 2 is 1.74 bits per heavy atom. The number of hydrogen-bond donors (Lipinski definition) is 3. The molecule has 1 aromatic carbocycles. The quantitative estimate of drug-likeness (QED) is 0.510. The van der Waals surface area contributed by atoms with E-state index in [4.69, 9.17) is 9.47 Å². The number of hydrogen-bond acceptors (Lipinski definition) is 5. The third-order valence-electron chi connectivity index (χ3n) is 11.4. The summed E-state index contributed by atoms with van der Waals surface area (Å²) in [6.45, 7) is 8.08. The van der Waals surface area contributed by atoms with Gasteiger partial charge in [-0.2, -0.15) is 0 Å². The lowest BCUT2D eigenvalue weighted by Gasteiger charge is -2.70. The van der Waals surface area contributed by atoms with Gasteiger partial charge >= 0.3 is 0 Å². The van der Waals surface area contributed by atoms with Crippen molar-refractivity contribution in [2.75, 3.05) is 18.5 Å². The minimum Gasteiger partial charge on any atom is -0.393 e. The molecule has 0 bridgehead atoms. The summed E-state index contributed by atoms with van der Waals surface area (Å²) in [5.74, 6) is 1.15. The molecule has 4 aliphatic carbocycles. The van der Waals surface area contributed by atoms with Crippen LogP contribution in [0.1, 0.15) is 83.6 Å². The molecule has 2 heterocycles. The minimum absolute atomic E-state index is 0.0188. The van der Waals surface area contributed by atoms with E-state index in [0.29, 0.717) is 43.3 Å². The van der Waals surface area contributed by atoms with Gasteiger partial charge in [0, 0.05) is 23.9 Å². The van der Waals surface area contributed by atoms with Crippen LogP contribution in [0.2, 0.25) is 0 Å². The predicted molar refractivity (Wildman–Crippen MR) is 130 cm³/mol. The lowest BCUT2D eigenvalue weighted by Crippen LogP contribution is -2.76. The van der Waals surface area contributed by atoms with Gasteiger partial charge in [-0.05, 0) is 79.2 Å². The first-order chi connectivity index (χ1) is 16.1. The molecule has 0 amide bonds. The molecule has 7 rings (SSSR count). The second kappa shape index (κ2) is 6.79. The molecule has 1 saturated heterocycles. The van der Waals surface area contributed by atoms with Crippen molar-refractivity contribution in [1.29, 1.82) is 0 Å². The second-order valence-corrected chi connectivity index (χ2v) is 13.8. The number of fused-ring (bicyclic) bond motifs is 4. The summed E-state index contributed by atoms with van der Waals surface area (Å²) < 4.78 is 12.9. The fourth-order valence-electron chi connectivity index (χ4n) is 9.70. The zero-order valence-corrected chi connectivity index (χ0v) is 21.0. The molecular formula is C29H41NO4. The van der Waals surface area contributed by atoms with Crippen LogP contribution in [0, 0.1) is 28.6 Å². The summed E-state index contributed by atoms with van der Waals surface area (Å²) in [7, 11) is 0. The highest BCUT2D eigenvalue weighted by atomic mass is 16.7. The van der Waals surface area contributed by atoms with E-state index in [-0.39, 0.29) is 22.5 Å². The van der Waals surface area contributed by atoms with Crippen molar-refractivity contribution in [3.8, 4) is 0 Å². The Bertz CT molecular complexity index is 1000. The fraction of sp³-hybridized carbons (Fsp3) is 0.793. The van der Waals surface area contributed by atoms with Crippen LogP contribution in [0.5, 0.6) is 0 Å². The number of ether oxygens (including phenoxy) is 2. The summed E-state index contributed by atoms with van der Waals surface area (Å²) in [6.07, 6.45) is 6.88. The molecule has 0 radical (unpaired) electrons. The molecule has 8 atom stereocenters. The molecule has 2 spiro atoms. The molecule has 186 valence electrons. The number of aliphatic hydroxyl groups excluding tert-OH is 1. The number of anilines is 1. The standard InChI is InChI=1S/C29H41NO4/c1-25(2)16-33-28(34-17-25)12-13-29-24-19(10-11-27(29,32)15-28)21-8-9-23(31)26(21,3)14-20(24)18-6-4-5-7-22(18)30-29/h4-7,19-21,23-24,30-32H,8-17H2,1-3H3/t19-,20+,21-,23-,24?,26-,27+,29-/m0/s1. The van der Waals surface area contributed by atoms with Crippen molar-refractivity contribution < 1.29 is 19.7 Å². The van der Waals surface area contributed by atoms with Gasteiger partial charge in [0.25, 0.3) is 0 Å². The lowest BCUT2D eigenvalue weighted by molar-refractivity contribution is -0.343. The lowest BCUT2D eigenvalue weighted by atomic mass is 9.41. The van der Waals surface area contributed by atoms with Crippen molar-refractivity contribution in [3.63, 3.8) is 0 Å². The normalized spacial score (nSPS) is 49.9. The summed E-state index contributed by atoms with van der Waals surface area (Å²) >= 11 is 0. The van der Waals surface area contributed by atoms with Crippen LogP contribution in [0.3, 0.4) is 0 Å². The number of nitrogens with one attached hydrogen (secondary N) is 1. The zero-order valence-electron chi connectivity index (χ0n) is 21.0. The first-order valence-electron chi connectivity index (χ1n) is 13.7. The maximum Gasteiger partial charge on any atom is 0.171 e. The fourth-order valence-corrected chi connectivity index (χ4v) is 9.70. The van der Waals surface area contributed by atoms with Crippen LogP contribution in [-0.4, -0.2) is 46.5 Å². The number of rotatable bonds is 0. The van der Waals surface area contributed by atoms with Crippen molar-refractivity contribution in [2.45, 2.75) is 101 Å². The van der Waals surface area contributed by atoms with Crippen molar-refractivity contribution in [1.82, 2.24) is 0 Å². The monoisotopic (exact) mass is 467 g/mol. The molecule has 5 nitrogen and oxygen atoms in total. The van der Waals surface area contributed by atoms with E-state index in [9.17, 15) is 10.2 Å². The summed E-state index contributed by atoms with van der Waals surface area (Å²) in [4.78, 5) is 0. The van der Waals surface area contributed by atoms with Gasteiger partial charge in [0.2, 0.25) is 0 Å². The Morgan fingerprint density at radius 3 is 2.53 bits per heavy atom. The summed E-state index contributed by atoms with van der Waals surface area (Å²) in [5.41, 5.74) is 1.33. The van der Waals surface area contributed by atoms with Crippen LogP contribution in [0.25, 0.3) is 0 Å². The number of benzene rings is 1. The van der Waals surface area contributed by atoms with Gasteiger partial charge in [-0.25, -0.2) is 0 Å². The van der Waals surface area contributed by atoms with E-state index in [2.05, 4.69) is 50.4 Å². The summed E-state index contributed by atoms with van der Waals surface area (Å²) in [6, 6.07) is 8.75. The third-order valence-corrected chi connectivity index (χ3v) is 11.4.